The molecule has 0 unspecified atom stereocenters. The van der Waals surface area contributed by atoms with Gasteiger partial charge in [-0.05, 0) is 67.6 Å². The summed E-state index contributed by atoms with van der Waals surface area (Å²) < 4.78 is 31.8. The minimum absolute atomic E-state index is 0.110. The predicted molar refractivity (Wildman–Crippen MR) is 133 cm³/mol. The smallest absolute Gasteiger partial charge is 0.209 e. The van der Waals surface area contributed by atoms with Gasteiger partial charge in [0.15, 0.2) is 0 Å². The van der Waals surface area contributed by atoms with E-state index in [0.717, 1.165) is 64.0 Å². The molecule has 5 aromatic rings. The second-order valence-electron chi connectivity index (χ2n) is 9.09. The van der Waals surface area contributed by atoms with Gasteiger partial charge in [0.2, 0.25) is 5.78 Å². The topological polar surface area (TPSA) is 65.3 Å². The maximum Gasteiger partial charge on any atom is 0.209 e. The zero-order valence-corrected chi connectivity index (χ0v) is 19.8. The maximum atomic E-state index is 14.0. The van der Waals surface area contributed by atoms with Gasteiger partial charge in [0.25, 0.3) is 0 Å². The number of nitrogen functional groups attached to an aromatic ring is 1. The lowest BCUT2D eigenvalue weighted by atomic mass is 9.95. The molecular weight excluding hydrogens is 470 g/mol. The van der Waals surface area contributed by atoms with E-state index in [1.807, 2.05) is 36.7 Å². The number of nitrogens with two attached hydrogens (primary N) is 1. The van der Waals surface area contributed by atoms with Crippen LogP contribution in [-0.2, 0) is 7.05 Å². The largest absolute Gasteiger partial charge is 0.394 e. The third kappa shape index (κ3) is 3.26. The summed E-state index contributed by atoms with van der Waals surface area (Å²) in [6.07, 6.45) is 3.94. The molecule has 0 radical (unpaired) electrons. The van der Waals surface area contributed by atoms with Crippen molar-refractivity contribution < 1.29 is 13.6 Å². The normalized spacial score (nSPS) is 13.7. The summed E-state index contributed by atoms with van der Waals surface area (Å²) in [6, 6.07) is 11.4. The van der Waals surface area contributed by atoms with Gasteiger partial charge in [-0.15, -0.1) is 0 Å². The van der Waals surface area contributed by atoms with Crippen LogP contribution in [0.1, 0.15) is 46.2 Å². The van der Waals surface area contributed by atoms with Gasteiger partial charge >= 0.3 is 0 Å². The van der Waals surface area contributed by atoms with Crippen LogP contribution in [0.15, 0.2) is 48.7 Å². The van der Waals surface area contributed by atoms with Crippen LogP contribution in [-0.4, -0.2) is 19.7 Å². The number of carbonyl (C=O) groups is 1. The molecule has 1 aliphatic carbocycles. The third-order valence-corrected chi connectivity index (χ3v) is 7.29. The van der Waals surface area contributed by atoms with Gasteiger partial charge < -0.3 is 14.7 Å². The van der Waals surface area contributed by atoms with E-state index in [-0.39, 0.29) is 11.3 Å². The quantitative estimate of drug-likeness (QED) is 0.233. The lowest BCUT2D eigenvalue weighted by molar-refractivity contribution is 0.103. The van der Waals surface area contributed by atoms with Crippen molar-refractivity contribution in [3.63, 3.8) is 0 Å². The highest BCUT2D eigenvalue weighted by Crippen LogP contribution is 2.49. The number of nitrogens with zero attached hydrogens (tertiary/aromatic N) is 3. The van der Waals surface area contributed by atoms with Gasteiger partial charge in [-0.1, -0.05) is 17.7 Å². The van der Waals surface area contributed by atoms with Crippen molar-refractivity contribution in [2.24, 2.45) is 7.05 Å². The molecule has 176 valence electrons. The zero-order chi connectivity index (χ0) is 24.6. The Morgan fingerprint density at radius 2 is 1.83 bits per heavy atom. The van der Waals surface area contributed by atoms with E-state index in [0.29, 0.717) is 10.9 Å². The minimum Gasteiger partial charge on any atom is -0.394 e. The number of benzene rings is 2. The Kier molecular flexibility index (Phi) is 4.76. The number of aryl methyl sites for hydroxylation is 2. The van der Waals surface area contributed by atoms with Gasteiger partial charge in [-0.25, -0.2) is 13.8 Å². The number of imidazole rings is 1. The number of carbonyl (C=O) groups excluding carboxylic acids is 1. The van der Waals surface area contributed by atoms with Crippen molar-refractivity contribution in [2.45, 2.75) is 25.7 Å². The number of aromatic nitrogens is 3. The lowest BCUT2D eigenvalue weighted by Crippen LogP contribution is -2.08. The molecule has 0 spiro atoms. The highest BCUT2D eigenvalue weighted by atomic mass is 35.5. The zero-order valence-electron chi connectivity index (χ0n) is 19.1. The fourth-order valence-electron chi connectivity index (χ4n) is 4.81. The highest BCUT2D eigenvalue weighted by molar-refractivity contribution is 6.38. The molecule has 2 aromatic carbocycles. The van der Waals surface area contributed by atoms with Crippen molar-refractivity contribution in [1.29, 1.82) is 0 Å². The minimum atomic E-state index is -0.963. The molecule has 2 N–H and O–H groups in total. The summed E-state index contributed by atoms with van der Waals surface area (Å²) >= 11 is 7.01. The van der Waals surface area contributed by atoms with E-state index in [2.05, 4.69) is 11.1 Å². The van der Waals surface area contributed by atoms with Gasteiger partial charge in [0.05, 0.1) is 21.7 Å². The Balaban J connectivity index is 1.56. The highest BCUT2D eigenvalue weighted by Gasteiger charge is 2.31. The van der Waals surface area contributed by atoms with E-state index >= 15 is 0 Å². The number of anilines is 1. The standard InChI is InChI=1S/C27H21ClF2N4O/c1-13-32-26-22(33(13)2)12-17(14-5-6-14)23(24(26)28)16-4-3-9-34-20(16)7-8-21(34)27(35)15-10-18(29)25(31)19(30)11-15/h3-4,7-12,14H,5-6,31H2,1-2H3. The van der Waals surface area contributed by atoms with E-state index in [1.165, 1.54) is 0 Å². The molecule has 3 aromatic heterocycles. The second kappa shape index (κ2) is 7.65. The molecule has 35 heavy (non-hydrogen) atoms. The summed E-state index contributed by atoms with van der Waals surface area (Å²) in [6.45, 7) is 1.95. The van der Waals surface area contributed by atoms with Gasteiger partial charge in [-0.3, -0.25) is 4.79 Å². The van der Waals surface area contributed by atoms with E-state index < -0.39 is 23.1 Å². The van der Waals surface area contributed by atoms with Crippen LogP contribution in [0, 0.1) is 18.6 Å². The Bertz CT molecular complexity index is 1670. The summed E-state index contributed by atoms with van der Waals surface area (Å²) in [5.74, 6) is -1.15. The lowest BCUT2D eigenvalue weighted by Gasteiger charge is -2.15. The van der Waals surface area contributed by atoms with E-state index in [1.54, 1.807) is 16.7 Å². The molecule has 5 nitrogen and oxygen atoms in total. The number of ketones is 1. The molecule has 0 aliphatic heterocycles. The first kappa shape index (κ1) is 21.8. The SMILES string of the molecule is Cc1nc2c(Cl)c(-c3cccn4c(C(=O)c5cc(F)c(N)c(F)c5)ccc34)c(C3CC3)cc2n1C. The molecule has 0 saturated heterocycles. The van der Waals surface area contributed by atoms with Crippen LogP contribution in [0.3, 0.4) is 0 Å². The number of fused-ring (bicyclic) bond motifs is 2. The third-order valence-electron chi connectivity index (χ3n) is 6.92. The molecule has 1 aliphatic rings. The number of halogens is 3. The van der Waals surface area contributed by atoms with Crippen LogP contribution in [0.2, 0.25) is 5.02 Å². The first-order chi connectivity index (χ1) is 16.8. The van der Waals surface area contributed by atoms with Crippen LogP contribution >= 0.6 is 11.6 Å². The summed E-state index contributed by atoms with van der Waals surface area (Å²) in [4.78, 5) is 17.9. The second-order valence-corrected chi connectivity index (χ2v) is 9.47. The van der Waals surface area contributed by atoms with Gasteiger partial charge in [0, 0.05) is 29.9 Å². The van der Waals surface area contributed by atoms with Crippen molar-refractivity contribution in [2.75, 3.05) is 5.73 Å². The maximum absolute atomic E-state index is 14.0. The fourth-order valence-corrected chi connectivity index (χ4v) is 5.16. The molecular formula is C27H21ClF2N4O. The molecule has 3 heterocycles. The predicted octanol–water partition coefficient (Wildman–Crippen LogP) is 6.42. The van der Waals surface area contributed by atoms with E-state index in [9.17, 15) is 13.6 Å². The molecule has 0 atom stereocenters. The van der Waals surface area contributed by atoms with Crippen LogP contribution in [0.5, 0.6) is 0 Å². The molecule has 1 saturated carbocycles. The molecule has 6 rings (SSSR count). The average Bonchev–Trinajstić information content (AvgIpc) is 3.53. The summed E-state index contributed by atoms with van der Waals surface area (Å²) in [7, 11) is 1.98. The summed E-state index contributed by atoms with van der Waals surface area (Å²) in [5.41, 5.74) is 10.4. The average molecular weight is 491 g/mol. The van der Waals surface area contributed by atoms with Crippen molar-refractivity contribution in [3.05, 3.63) is 88.0 Å². The fraction of sp³-hybridized carbons (Fsp3) is 0.185. The van der Waals surface area contributed by atoms with Crippen molar-refractivity contribution >= 4 is 39.6 Å². The Morgan fingerprint density at radius 3 is 2.51 bits per heavy atom. The number of hydrogen-bond donors (Lipinski definition) is 1. The Labute approximate surface area is 204 Å². The van der Waals surface area contributed by atoms with Crippen LogP contribution in [0.4, 0.5) is 14.5 Å². The monoisotopic (exact) mass is 490 g/mol. The van der Waals surface area contributed by atoms with E-state index in [4.69, 9.17) is 17.3 Å². The molecule has 0 amide bonds. The van der Waals surface area contributed by atoms with Crippen molar-refractivity contribution in [1.82, 2.24) is 14.0 Å². The first-order valence-corrected chi connectivity index (χ1v) is 11.7. The van der Waals surface area contributed by atoms with Crippen LogP contribution in [0.25, 0.3) is 27.7 Å². The Hall–Kier alpha value is -3.71. The molecule has 8 heteroatoms. The number of hydrogen-bond acceptors (Lipinski definition) is 3. The molecule has 1 fully saturated rings. The first-order valence-electron chi connectivity index (χ1n) is 11.3. The summed E-state index contributed by atoms with van der Waals surface area (Å²) in [5, 5.41) is 0.581. The number of pyridine rings is 1. The van der Waals surface area contributed by atoms with Crippen LogP contribution < -0.4 is 5.73 Å². The van der Waals surface area contributed by atoms with Gasteiger partial charge in [-0.2, -0.15) is 0 Å². The van der Waals surface area contributed by atoms with Gasteiger partial charge in [0.1, 0.15) is 28.7 Å². The Morgan fingerprint density at radius 1 is 1.11 bits per heavy atom. The number of rotatable bonds is 4. The van der Waals surface area contributed by atoms with Crippen molar-refractivity contribution in [3.8, 4) is 11.1 Å². The molecule has 0 bridgehead atoms.